The monoisotopic (exact) mass is 634 g/mol. The van der Waals surface area contributed by atoms with E-state index in [0.717, 1.165) is 38.3 Å². The van der Waals surface area contributed by atoms with Crippen LogP contribution in [0, 0.1) is 4.77 Å². The number of hydrogen-bond acceptors (Lipinski definition) is 7. The van der Waals surface area contributed by atoms with Crippen LogP contribution in [0.3, 0.4) is 0 Å². The third-order valence-corrected chi connectivity index (χ3v) is 7.25. The fourth-order valence-electron chi connectivity index (χ4n) is 3.72. The fraction of sp³-hybridized carbons (Fsp3) is 0.429. The van der Waals surface area contributed by atoms with E-state index in [-0.39, 0.29) is 25.0 Å². The standard InChI is InChI=1S/C15H19BrN2O2S.C13H16N2O2S/c1-15(2,3)20-13(19)10-18-12-7-5-4-6-11(12)17-14(18)21-9-8-16;1-13(2,3)17-11(16)8-15-10-7-5-4-6-9(10)14-12(15)18/h4-7H,8-10H2,1-3H3;4-7H,8H2,1-3H3,(H,14,18). The van der Waals surface area contributed by atoms with Crippen LogP contribution in [0.2, 0.25) is 0 Å². The number of carbonyl (C=O) groups is 2. The quantitative estimate of drug-likeness (QED) is 0.102. The minimum atomic E-state index is -0.481. The first kappa shape index (κ1) is 30.9. The van der Waals surface area contributed by atoms with E-state index in [2.05, 4.69) is 25.9 Å². The molecule has 0 aliphatic rings. The molecule has 0 saturated heterocycles. The van der Waals surface area contributed by atoms with Crippen molar-refractivity contribution in [2.75, 3.05) is 11.1 Å². The third kappa shape index (κ3) is 9.22. The molecule has 0 aliphatic heterocycles. The van der Waals surface area contributed by atoms with E-state index in [1.54, 1.807) is 16.3 Å². The second-order valence-electron chi connectivity index (χ2n) is 10.7. The van der Waals surface area contributed by atoms with Crippen molar-refractivity contribution < 1.29 is 19.1 Å². The predicted octanol–water partition coefficient (Wildman–Crippen LogP) is 6.91. The van der Waals surface area contributed by atoms with E-state index in [1.807, 2.05) is 94.6 Å². The molecule has 0 atom stereocenters. The lowest BCUT2D eigenvalue weighted by Gasteiger charge is -2.20. The van der Waals surface area contributed by atoms with Gasteiger partial charge in [0.2, 0.25) is 0 Å². The average molecular weight is 636 g/mol. The number of H-pyrrole nitrogens is 1. The van der Waals surface area contributed by atoms with Gasteiger partial charge in [-0.3, -0.25) is 9.59 Å². The summed E-state index contributed by atoms with van der Waals surface area (Å²) in [6.45, 7) is 11.5. The number of hydrogen-bond donors (Lipinski definition) is 1. The molecule has 0 spiro atoms. The number of benzene rings is 2. The number of fused-ring (bicyclic) bond motifs is 2. The number of para-hydroxylation sites is 4. The normalized spacial score (nSPS) is 11.8. The van der Waals surface area contributed by atoms with Crippen LogP contribution in [-0.2, 0) is 32.2 Å². The average Bonchev–Trinajstić information content (AvgIpc) is 3.32. The van der Waals surface area contributed by atoms with Crippen molar-refractivity contribution in [3.05, 3.63) is 53.3 Å². The Labute approximate surface area is 246 Å². The highest BCUT2D eigenvalue weighted by Gasteiger charge is 2.20. The van der Waals surface area contributed by atoms with Crippen LogP contribution >= 0.6 is 39.9 Å². The van der Waals surface area contributed by atoms with Crippen molar-refractivity contribution >= 4 is 73.9 Å². The number of thioether (sulfide) groups is 1. The number of alkyl halides is 1. The first-order valence-electron chi connectivity index (χ1n) is 12.5. The first-order valence-corrected chi connectivity index (χ1v) is 15.0. The Kier molecular flexibility index (Phi) is 10.4. The molecule has 0 bridgehead atoms. The molecule has 2 heterocycles. The van der Waals surface area contributed by atoms with Crippen molar-refractivity contribution in [2.24, 2.45) is 0 Å². The molecule has 0 unspecified atom stereocenters. The SMILES string of the molecule is CC(C)(C)OC(=O)Cn1c(=S)[nH]c2ccccc21.CC(C)(C)OC(=O)Cn1c(SCCBr)nc2ccccc21. The number of halogens is 1. The molecule has 8 nitrogen and oxygen atoms in total. The molecular weight excluding hydrogens is 600 g/mol. The minimum absolute atomic E-state index is 0.125. The van der Waals surface area contributed by atoms with Crippen molar-refractivity contribution in [1.82, 2.24) is 19.1 Å². The number of nitrogens with one attached hydrogen (secondary N) is 1. The smallest absolute Gasteiger partial charge is 0.326 e. The maximum absolute atomic E-state index is 12.1. The van der Waals surface area contributed by atoms with Crippen LogP contribution in [0.5, 0.6) is 0 Å². The van der Waals surface area contributed by atoms with Gasteiger partial charge in [-0.25, -0.2) is 4.98 Å². The molecule has 39 heavy (non-hydrogen) atoms. The largest absolute Gasteiger partial charge is 0.459 e. The van der Waals surface area contributed by atoms with Crippen LogP contribution in [0.4, 0.5) is 0 Å². The van der Waals surface area contributed by atoms with Crippen molar-refractivity contribution in [1.29, 1.82) is 0 Å². The van der Waals surface area contributed by atoms with Crippen LogP contribution in [0.15, 0.2) is 53.7 Å². The Bertz CT molecular complexity index is 1500. The third-order valence-electron chi connectivity index (χ3n) is 5.02. The number of carbonyl (C=O) groups excluding carboxylic acids is 2. The summed E-state index contributed by atoms with van der Waals surface area (Å²) in [5.74, 6) is 0.368. The van der Waals surface area contributed by atoms with Crippen LogP contribution in [0.1, 0.15) is 41.5 Å². The zero-order valence-electron chi connectivity index (χ0n) is 23.1. The van der Waals surface area contributed by atoms with Gasteiger partial charge in [0.25, 0.3) is 0 Å². The zero-order valence-corrected chi connectivity index (χ0v) is 26.3. The molecule has 1 N–H and O–H groups in total. The maximum Gasteiger partial charge on any atom is 0.326 e. The summed E-state index contributed by atoms with van der Waals surface area (Å²) < 4.78 is 14.9. The number of aromatic nitrogens is 4. The highest BCUT2D eigenvalue weighted by atomic mass is 79.9. The molecule has 11 heteroatoms. The maximum atomic E-state index is 12.1. The summed E-state index contributed by atoms with van der Waals surface area (Å²) in [7, 11) is 0. The Morgan fingerprint density at radius 2 is 1.44 bits per heavy atom. The molecule has 4 rings (SSSR count). The van der Waals surface area contributed by atoms with E-state index >= 15 is 0 Å². The first-order chi connectivity index (χ1) is 18.3. The lowest BCUT2D eigenvalue weighted by molar-refractivity contribution is -0.156. The number of rotatable bonds is 7. The van der Waals surface area contributed by atoms with Gasteiger partial charge in [-0.15, -0.1) is 0 Å². The number of imidazole rings is 2. The summed E-state index contributed by atoms with van der Waals surface area (Å²) >= 11 is 10.3. The van der Waals surface area contributed by atoms with Crippen LogP contribution in [-0.4, -0.2) is 53.3 Å². The van der Waals surface area contributed by atoms with Gasteiger partial charge in [0, 0.05) is 11.1 Å². The van der Waals surface area contributed by atoms with E-state index in [0.29, 0.717) is 4.77 Å². The van der Waals surface area contributed by atoms with Crippen molar-refractivity contribution in [3.63, 3.8) is 0 Å². The summed E-state index contributed by atoms with van der Waals surface area (Å²) in [6, 6.07) is 15.5. The summed E-state index contributed by atoms with van der Waals surface area (Å²) in [4.78, 5) is 31.6. The van der Waals surface area contributed by atoms with E-state index < -0.39 is 11.2 Å². The topological polar surface area (TPSA) is 91.1 Å². The van der Waals surface area contributed by atoms with Gasteiger partial charge in [-0.2, -0.15) is 0 Å². The molecule has 210 valence electrons. The van der Waals surface area contributed by atoms with Gasteiger partial charge < -0.3 is 23.6 Å². The molecule has 0 amide bonds. The molecule has 0 fully saturated rings. The molecule has 0 saturated carbocycles. The van der Waals surface area contributed by atoms with Gasteiger partial charge in [0.1, 0.15) is 24.3 Å². The van der Waals surface area contributed by atoms with E-state index in [9.17, 15) is 9.59 Å². The zero-order chi connectivity index (χ0) is 28.8. The Morgan fingerprint density at radius 3 is 2.03 bits per heavy atom. The summed E-state index contributed by atoms with van der Waals surface area (Å²) in [5, 5.41) is 1.73. The minimum Gasteiger partial charge on any atom is -0.459 e. The summed E-state index contributed by atoms with van der Waals surface area (Å²) in [5.41, 5.74) is 2.74. The summed E-state index contributed by atoms with van der Waals surface area (Å²) in [6.07, 6.45) is 0. The molecule has 2 aromatic carbocycles. The highest BCUT2D eigenvalue weighted by Crippen LogP contribution is 2.25. The second-order valence-corrected chi connectivity index (χ2v) is 13.0. The number of esters is 2. The molecular formula is C28H35BrN4O4S2. The Morgan fingerprint density at radius 1 is 0.897 bits per heavy atom. The molecule has 2 aromatic heterocycles. The van der Waals surface area contributed by atoms with Gasteiger partial charge in [-0.05, 0) is 78.0 Å². The second kappa shape index (κ2) is 13.1. The van der Waals surface area contributed by atoms with Crippen LogP contribution in [0.25, 0.3) is 22.1 Å². The number of nitrogens with zero attached hydrogens (tertiary/aromatic N) is 3. The van der Waals surface area contributed by atoms with Gasteiger partial charge >= 0.3 is 11.9 Å². The van der Waals surface area contributed by atoms with Crippen molar-refractivity contribution in [3.8, 4) is 0 Å². The van der Waals surface area contributed by atoms with Gasteiger partial charge in [0.15, 0.2) is 9.93 Å². The Hall–Kier alpha value is -2.63. The van der Waals surface area contributed by atoms with E-state index in [4.69, 9.17) is 21.7 Å². The van der Waals surface area contributed by atoms with Gasteiger partial charge in [-0.1, -0.05) is 52.0 Å². The van der Waals surface area contributed by atoms with Crippen molar-refractivity contribution in [2.45, 2.75) is 71.0 Å². The van der Waals surface area contributed by atoms with Gasteiger partial charge in [0.05, 0.1) is 22.1 Å². The van der Waals surface area contributed by atoms with E-state index in [1.165, 1.54) is 0 Å². The Balaban J connectivity index is 0.000000218. The molecule has 4 aromatic rings. The predicted molar refractivity (Wildman–Crippen MR) is 163 cm³/mol. The lowest BCUT2D eigenvalue weighted by atomic mass is 10.2. The van der Waals surface area contributed by atoms with Crippen LogP contribution < -0.4 is 0 Å². The highest BCUT2D eigenvalue weighted by molar-refractivity contribution is 9.09. The number of ether oxygens (including phenoxy) is 2. The molecule has 0 radical (unpaired) electrons. The number of aromatic amines is 1. The lowest BCUT2D eigenvalue weighted by Crippen LogP contribution is -2.26. The molecule has 0 aliphatic carbocycles. The fourth-order valence-corrected chi connectivity index (χ4v) is 5.22.